The van der Waals surface area contributed by atoms with Gasteiger partial charge in [0.2, 0.25) is 0 Å². The maximum atomic E-state index is 5.79. The molecule has 2 unspecified atom stereocenters. The second kappa shape index (κ2) is 7.73. The van der Waals surface area contributed by atoms with E-state index in [1.54, 1.807) is 0 Å². The van der Waals surface area contributed by atoms with Crippen LogP contribution in [0.15, 0.2) is 24.3 Å². The number of aryl methyl sites for hydroxylation is 1. The van der Waals surface area contributed by atoms with Crippen LogP contribution in [0.2, 0.25) is 0 Å². The molecule has 2 rings (SSSR count). The minimum atomic E-state index is 0. The Hall–Kier alpha value is -0.770. The van der Waals surface area contributed by atoms with Crippen molar-refractivity contribution in [3.05, 3.63) is 29.8 Å². The summed E-state index contributed by atoms with van der Waals surface area (Å²) in [5, 5.41) is 0. The molecule has 1 aliphatic rings. The third kappa shape index (κ3) is 4.68. The molecule has 0 aromatic heterocycles. The second-order valence-electron chi connectivity index (χ2n) is 5.35. The molecule has 1 saturated heterocycles. The number of nitrogens with zero attached hydrogens (tertiary/aromatic N) is 1. The lowest BCUT2D eigenvalue weighted by Crippen LogP contribution is -2.32. The van der Waals surface area contributed by atoms with Crippen molar-refractivity contribution in [3.8, 4) is 5.75 Å². The highest BCUT2D eigenvalue weighted by Gasteiger charge is 2.27. The van der Waals surface area contributed by atoms with Crippen molar-refractivity contribution in [3.63, 3.8) is 0 Å². The molecule has 1 aromatic rings. The van der Waals surface area contributed by atoms with E-state index in [1.807, 2.05) is 12.1 Å². The highest BCUT2D eigenvalue weighted by molar-refractivity contribution is 5.85. The maximum absolute atomic E-state index is 5.79. The Morgan fingerprint density at radius 2 is 2.21 bits per heavy atom. The summed E-state index contributed by atoms with van der Waals surface area (Å²) in [7, 11) is 0. The molecule has 0 spiro atoms. The van der Waals surface area contributed by atoms with Crippen molar-refractivity contribution in [2.75, 3.05) is 26.2 Å². The molecule has 1 fully saturated rings. The van der Waals surface area contributed by atoms with E-state index in [4.69, 9.17) is 10.5 Å². The lowest BCUT2D eigenvalue weighted by Gasteiger charge is -2.21. The fourth-order valence-electron chi connectivity index (χ4n) is 2.69. The van der Waals surface area contributed by atoms with Gasteiger partial charge in [-0.2, -0.15) is 0 Å². The first-order chi connectivity index (χ1) is 8.69. The van der Waals surface area contributed by atoms with Crippen LogP contribution in [0.5, 0.6) is 5.75 Å². The Balaban J connectivity index is 0.00000180. The summed E-state index contributed by atoms with van der Waals surface area (Å²) in [5.74, 6) is 1.64. The average molecular weight is 285 g/mol. The Morgan fingerprint density at radius 1 is 1.42 bits per heavy atom. The number of ether oxygens (including phenoxy) is 1. The Kier molecular flexibility index (Phi) is 6.63. The summed E-state index contributed by atoms with van der Waals surface area (Å²) in [6.07, 6.45) is 1.22. The third-order valence-electron chi connectivity index (χ3n) is 3.76. The van der Waals surface area contributed by atoms with Crippen molar-refractivity contribution in [2.24, 2.45) is 11.7 Å². The van der Waals surface area contributed by atoms with Gasteiger partial charge in [-0.05, 0) is 50.4 Å². The number of rotatable bonds is 5. The zero-order valence-corrected chi connectivity index (χ0v) is 12.7. The van der Waals surface area contributed by atoms with Crippen LogP contribution in [-0.2, 0) is 0 Å². The van der Waals surface area contributed by atoms with Gasteiger partial charge in [-0.25, -0.2) is 0 Å². The van der Waals surface area contributed by atoms with Crippen LogP contribution < -0.4 is 10.5 Å². The second-order valence-corrected chi connectivity index (χ2v) is 5.35. The van der Waals surface area contributed by atoms with Gasteiger partial charge >= 0.3 is 0 Å². The van der Waals surface area contributed by atoms with Crippen LogP contribution in [-0.4, -0.2) is 37.2 Å². The SMILES string of the molecule is Cc1cccc(OCCN2CC(CN)CC2C)c1.Cl. The molecule has 0 amide bonds. The maximum Gasteiger partial charge on any atom is 0.119 e. The molecule has 4 heteroatoms. The van der Waals surface area contributed by atoms with Gasteiger partial charge in [0.25, 0.3) is 0 Å². The summed E-state index contributed by atoms with van der Waals surface area (Å²) in [4.78, 5) is 2.48. The van der Waals surface area contributed by atoms with Crippen molar-refractivity contribution in [1.82, 2.24) is 4.90 Å². The van der Waals surface area contributed by atoms with Crippen LogP contribution >= 0.6 is 12.4 Å². The smallest absolute Gasteiger partial charge is 0.119 e. The van der Waals surface area contributed by atoms with E-state index in [9.17, 15) is 0 Å². The molecule has 3 nitrogen and oxygen atoms in total. The fourth-order valence-corrected chi connectivity index (χ4v) is 2.69. The molecule has 1 aliphatic heterocycles. The summed E-state index contributed by atoms with van der Waals surface area (Å²) in [5.41, 5.74) is 6.98. The van der Waals surface area contributed by atoms with Gasteiger partial charge in [0, 0.05) is 19.1 Å². The number of nitrogens with two attached hydrogens (primary N) is 1. The summed E-state index contributed by atoms with van der Waals surface area (Å²) in [6.45, 7) is 8.04. The summed E-state index contributed by atoms with van der Waals surface area (Å²) < 4.78 is 5.79. The van der Waals surface area contributed by atoms with Crippen molar-refractivity contribution in [2.45, 2.75) is 26.3 Å². The molecule has 0 aliphatic carbocycles. The fraction of sp³-hybridized carbons (Fsp3) is 0.600. The van der Waals surface area contributed by atoms with E-state index in [0.29, 0.717) is 12.0 Å². The van der Waals surface area contributed by atoms with E-state index in [0.717, 1.165) is 32.0 Å². The van der Waals surface area contributed by atoms with Crippen LogP contribution in [0.3, 0.4) is 0 Å². The van der Waals surface area contributed by atoms with Crippen molar-refractivity contribution in [1.29, 1.82) is 0 Å². The van der Waals surface area contributed by atoms with Crippen LogP contribution in [0, 0.1) is 12.8 Å². The molecular weight excluding hydrogens is 260 g/mol. The van der Waals surface area contributed by atoms with Crippen molar-refractivity contribution < 1.29 is 4.74 Å². The quantitative estimate of drug-likeness (QED) is 0.903. The van der Waals surface area contributed by atoms with Crippen LogP contribution in [0.25, 0.3) is 0 Å². The molecule has 0 radical (unpaired) electrons. The number of likely N-dealkylation sites (tertiary alicyclic amines) is 1. The van der Waals surface area contributed by atoms with Gasteiger partial charge in [-0.15, -0.1) is 12.4 Å². The molecule has 19 heavy (non-hydrogen) atoms. The highest BCUT2D eigenvalue weighted by atomic mass is 35.5. The van der Waals surface area contributed by atoms with Gasteiger partial charge in [0.1, 0.15) is 12.4 Å². The monoisotopic (exact) mass is 284 g/mol. The first kappa shape index (κ1) is 16.3. The van der Waals surface area contributed by atoms with Gasteiger partial charge < -0.3 is 10.5 Å². The molecule has 0 saturated carbocycles. The predicted octanol–water partition coefficient (Wildman–Crippen LogP) is 2.46. The molecule has 0 bridgehead atoms. The van der Waals surface area contributed by atoms with Gasteiger partial charge in [0.05, 0.1) is 0 Å². The first-order valence-electron chi connectivity index (χ1n) is 6.82. The zero-order chi connectivity index (χ0) is 13.0. The first-order valence-corrected chi connectivity index (χ1v) is 6.82. The molecular formula is C15H25ClN2O. The summed E-state index contributed by atoms with van der Waals surface area (Å²) in [6, 6.07) is 8.85. The topological polar surface area (TPSA) is 38.5 Å². The molecule has 2 N–H and O–H groups in total. The largest absolute Gasteiger partial charge is 0.492 e. The molecule has 2 atom stereocenters. The average Bonchev–Trinajstić information content (AvgIpc) is 2.71. The number of halogens is 1. The minimum absolute atomic E-state index is 0. The van der Waals surface area contributed by atoms with Gasteiger partial charge in [-0.3, -0.25) is 4.90 Å². The van der Waals surface area contributed by atoms with Crippen LogP contribution in [0.1, 0.15) is 18.9 Å². The number of benzene rings is 1. The van der Waals surface area contributed by atoms with Crippen LogP contribution in [0.4, 0.5) is 0 Å². The zero-order valence-electron chi connectivity index (χ0n) is 11.8. The predicted molar refractivity (Wildman–Crippen MR) is 82.1 cm³/mol. The Labute approximate surface area is 122 Å². The Morgan fingerprint density at radius 3 is 2.84 bits per heavy atom. The lowest BCUT2D eigenvalue weighted by molar-refractivity contribution is 0.202. The van der Waals surface area contributed by atoms with E-state index in [-0.39, 0.29) is 12.4 Å². The summed E-state index contributed by atoms with van der Waals surface area (Å²) >= 11 is 0. The van der Waals surface area contributed by atoms with Gasteiger partial charge in [0.15, 0.2) is 0 Å². The highest BCUT2D eigenvalue weighted by Crippen LogP contribution is 2.21. The standard InChI is InChI=1S/C15H24N2O.ClH/c1-12-4-3-5-15(8-12)18-7-6-17-11-14(10-16)9-13(17)2;/h3-5,8,13-14H,6-7,9-11,16H2,1-2H3;1H. The lowest BCUT2D eigenvalue weighted by atomic mass is 10.1. The van der Waals surface area contributed by atoms with E-state index >= 15 is 0 Å². The van der Waals surface area contributed by atoms with E-state index < -0.39 is 0 Å². The Bertz CT molecular complexity index is 386. The van der Waals surface area contributed by atoms with E-state index in [2.05, 4.69) is 30.9 Å². The minimum Gasteiger partial charge on any atom is -0.492 e. The van der Waals surface area contributed by atoms with Gasteiger partial charge in [-0.1, -0.05) is 12.1 Å². The third-order valence-corrected chi connectivity index (χ3v) is 3.76. The van der Waals surface area contributed by atoms with E-state index in [1.165, 1.54) is 12.0 Å². The molecule has 1 aromatic carbocycles. The normalized spacial score (nSPS) is 23.1. The molecule has 108 valence electrons. The number of hydrogen-bond donors (Lipinski definition) is 1. The van der Waals surface area contributed by atoms with Crippen molar-refractivity contribution >= 4 is 12.4 Å². The number of hydrogen-bond acceptors (Lipinski definition) is 3. The molecule has 1 heterocycles.